The summed E-state index contributed by atoms with van der Waals surface area (Å²) in [6.45, 7) is 6.39. The summed E-state index contributed by atoms with van der Waals surface area (Å²) in [6, 6.07) is 9.91. The normalized spacial score (nSPS) is 20.8. The summed E-state index contributed by atoms with van der Waals surface area (Å²) in [5, 5.41) is 0. The van der Waals surface area contributed by atoms with Crippen LogP contribution in [-0.4, -0.2) is 20.4 Å². The molecule has 1 aliphatic rings. The fraction of sp³-hybridized carbons (Fsp3) is 0.357. The van der Waals surface area contributed by atoms with Crippen LogP contribution in [0.15, 0.2) is 42.5 Å². The minimum Gasteiger partial charge on any atom is -0.452 e. The van der Waals surface area contributed by atoms with Gasteiger partial charge in [-0.2, -0.15) is 0 Å². The highest BCUT2D eigenvalue weighted by molar-refractivity contribution is 6.69. The lowest BCUT2D eigenvalue weighted by Crippen LogP contribution is -2.33. The van der Waals surface area contributed by atoms with Gasteiger partial charge in [-0.25, -0.2) is 4.79 Å². The van der Waals surface area contributed by atoms with Crippen LogP contribution in [0.2, 0.25) is 19.6 Å². The van der Waals surface area contributed by atoms with Crippen molar-refractivity contribution in [3.8, 4) is 0 Å². The Morgan fingerprint density at radius 1 is 1.22 bits per heavy atom. The zero-order valence-electron chi connectivity index (χ0n) is 10.9. The monoisotopic (exact) mass is 262 g/mol. The van der Waals surface area contributed by atoms with E-state index in [4.69, 9.17) is 9.16 Å². The topological polar surface area (TPSA) is 35.5 Å². The summed E-state index contributed by atoms with van der Waals surface area (Å²) in [4.78, 5) is 11.2. The molecule has 0 aliphatic carbocycles. The van der Waals surface area contributed by atoms with E-state index in [0.29, 0.717) is 0 Å². The molecular weight excluding hydrogens is 244 g/mol. The molecule has 0 radical (unpaired) electrons. The molecule has 0 saturated carbocycles. The highest BCUT2D eigenvalue weighted by Crippen LogP contribution is 2.30. The van der Waals surface area contributed by atoms with Crippen LogP contribution in [0, 0.1) is 0 Å². The molecule has 0 bridgehead atoms. The second-order valence-corrected chi connectivity index (χ2v) is 9.78. The average molecular weight is 262 g/mol. The molecule has 0 spiro atoms. The average Bonchev–Trinajstić information content (AvgIpc) is 2.73. The second-order valence-electron chi connectivity index (χ2n) is 5.32. The molecule has 0 amide bonds. The van der Waals surface area contributed by atoms with Crippen molar-refractivity contribution >= 4 is 14.3 Å². The number of rotatable bonds is 4. The van der Waals surface area contributed by atoms with Gasteiger partial charge in [-0.1, -0.05) is 30.3 Å². The van der Waals surface area contributed by atoms with Crippen LogP contribution in [0.1, 0.15) is 11.7 Å². The van der Waals surface area contributed by atoms with Crippen molar-refractivity contribution in [2.45, 2.75) is 31.8 Å². The van der Waals surface area contributed by atoms with Gasteiger partial charge >= 0.3 is 5.97 Å². The Bertz CT molecular complexity index is 448. The van der Waals surface area contributed by atoms with Gasteiger partial charge in [0.2, 0.25) is 0 Å². The van der Waals surface area contributed by atoms with Crippen LogP contribution in [0.3, 0.4) is 0 Å². The van der Waals surface area contributed by atoms with Crippen molar-refractivity contribution in [2.75, 3.05) is 0 Å². The van der Waals surface area contributed by atoms with Gasteiger partial charge in [0.25, 0.3) is 0 Å². The lowest BCUT2D eigenvalue weighted by molar-refractivity contribution is -0.142. The van der Waals surface area contributed by atoms with Gasteiger partial charge in [0.15, 0.2) is 8.32 Å². The van der Waals surface area contributed by atoms with E-state index in [2.05, 4.69) is 19.6 Å². The highest BCUT2D eigenvalue weighted by atomic mass is 28.4. The summed E-state index contributed by atoms with van der Waals surface area (Å²) < 4.78 is 11.4. The maximum atomic E-state index is 11.2. The van der Waals surface area contributed by atoms with E-state index in [1.54, 1.807) is 6.08 Å². The number of carbonyl (C=O) groups excluding carboxylic acids is 1. The third kappa shape index (κ3) is 3.30. The number of benzene rings is 1. The van der Waals surface area contributed by atoms with E-state index in [1.807, 2.05) is 30.3 Å². The Labute approximate surface area is 109 Å². The Balaban J connectivity index is 2.24. The largest absolute Gasteiger partial charge is 0.452 e. The molecule has 0 saturated heterocycles. The van der Waals surface area contributed by atoms with Crippen LogP contribution in [0.25, 0.3) is 0 Å². The van der Waals surface area contributed by atoms with Gasteiger partial charge in [-0.15, -0.1) is 0 Å². The quantitative estimate of drug-likeness (QED) is 0.618. The number of hydrogen-bond acceptors (Lipinski definition) is 3. The molecule has 96 valence electrons. The lowest BCUT2D eigenvalue weighted by Gasteiger charge is -2.29. The van der Waals surface area contributed by atoms with Crippen LogP contribution >= 0.6 is 0 Å². The zero-order valence-corrected chi connectivity index (χ0v) is 11.9. The Morgan fingerprint density at radius 3 is 2.39 bits per heavy atom. The molecule has 0 unspecified atom stereocenters. The summed E-state index contributed by atoms with van der Waals surface area (Å²) >= 11 is 0. The van der Waals surface area contributed by atoms with Gasteiger partial charge in [0.1, 0.15) is 12.2 Å². The molecule has 1 aromatic carbocycles. The van der Waals surface area contributed by atoms with Gasteiger partial charge in [-0.05, 0) is 31.3 Å². The third-order valence-electron chi connectivity index (χ3n) is 2.58. The number of hydrogen-bond donors (Lipinski definition) is 0. The van der Waals surface area contributed by atoms with Gasteiger partial charge in [-0.3, -0.25) is 0 Å². The van der Waals surface area contributed by atoms with E-state index >= 15 is 0 Å². The van der Waals surface area contributed by atoms with Crippen molar-refractivity contribution in [1.82, 2.24) is 0 Å². The van der Waals surface area contributed by atoms with E-state index in [0.717, 1.165) is 5.56 Å². The standard InChI is InChI=1S/C14H18O3Si/c1-18(2,3)17-14(11-7-5-4-6-8-11)12-9-10-13(15)16-12/h4-10,12,14H,1-3H3/t12-,14-/m1/s1. The molecule has 4 heteroatoms. The van der Waals surface area contributed by atoms with Gasteiger partial charge in [0, 0.05) is 6.08 Å². The van der Waals surface area contributed by atoms with Crippen molar-refractivity contribution < 1.29 is 14.0 Å². The Morgan fingerprint density at radius 2 is 1.89 bits per heavy atom. The van der Waals surface area contributed by atoms with Crippen LogP contribution < -0.4 is 0 Å². The predicted molar refractivity (Wildman–Crippen MR) is 72.6 cm³/mol. The maximum Gasteiger partial charge on any atom is 0.331 e. The zero-order chi connectivity index (χ0) is 13.2. The number of esters is 1. The van der Waals surface area contributed by atoms with Gasteiger partial charge < -0.3 is 9.16 Å². The lowest BCUT2D eigenvalue weighted by atomic mass is 10.1. The van der Waals surface area contributed by atoms with E-state index < -0.39 is 8.32 Å². The fourth-order valence-electron chi connectivity index (χ4n) is 1.90. The molecule has 3 nitrogen and oxygen atoms in total. The molecule has 0 N–H and O–H groups in total. The number of ether oxygens (including phenoxy) is 1. The molecule has 2 rings (SSSR count). The molecule has 1 aromatic rings. The van der Waals surface area contributed by atoms with Crippen LogP contribution in [0.4, 0.5) is 0 Å². The molecule has 2 atom stereocenters. The first-order valence-corrected chi connectivity index (χ1v) is 9.48. The van der Waals surface area contributed by atoms with Crippen molar-refractivity contribution in [3.63, 3.8) is 0 Å². The summed E-state index contributed by atoms with van der Waals surface area (Å²) in [6.07, 6.45) is 2.72. The highest BCUT2D eigenvalue weighted by Gasteiger charge is 2.32. The van der Waals surface area contributed by atoms with Crippen molar-refractivity contribution in [3.05, 3.63) is 48.0 Å². The van der Waals surface area contributed by atoms with E-state index in [1.165, 1.54) is 6.08 Å². The molecule has 0 aromatic heterocycles. The maximum absolute atomic E-state index is 11.2. The summed E-state index contributed by atoms with van der Waals surface area (Å²) in [7, 11) is -1.72. The first-order chi connectivity index (χ1) is 8.46. The minimum absolute atomic E-state index is 0.208. The molecule has 0 fully saturated rings. The molecule has 18 heavy (non-hydrogen) atoms. The Hall–Kier alpha value is -1.39. The molecule has 1 aliphatic heterocycles. The smallest absolute Gasteiger partial charge is 0.331 e. The summed E-state index contributed by atoms with van der Waals surface area (Å²) in [5.74, 6) is -0.292. The first-order valence-electron chi connectivity index (χ1n) is 6.07. The third-order valence-corrected chi connectivity index (χ3v) is 3.54. The molecule has 1 heterocycles. The molecular formula is C14H18O3Si. The number of cyclic esters (lactones) is 1. The predicted octanol–water partition coefficient (Wildman–Crippen LogP) is 3.06. The SMILES string of the molecule is C[Si](C)(C)O[C@H](c1ccccc1)[C@H]1C=CC(=O)O1. The first kappa shape index (κ1) is 13.0. The van der Waals surface area contributed by atoms with E-state index in [-0.39, 0.29) is 18.2 Å². The van der Waals surface area contributed by atoms with Gasteiger partial charge in [0.05, 0.1) is 0 Å². The fourth-order valence-corrected chi connectivity index (χ4v) is 2.93. The summed E-state index contributed by atoms with van der Waals surface area (Å²) in [5.41, 5.74) is 1.05. The van der Waals surface area contributed by atoms with Crippen molar-refractivity contribution in [2.24, 2.45) is 0 Å². The van der Waals surface area contributed by atoms with Crippen LogP contribution in [-0.2, 0) is 14.0 Å². The minimum atomic E-state index is -1.72. The second kappa shape index (κ2) is 5.08. The van der Waals surface area contributed by atoms with E-state index in [9.17, 15) is 4.79 Å². The number of carbonyl (C=O) groups is 1. The Kier molecular flexibility index (Phi) is 3.68. The van der Waals surface area contributed by atoms with Crippen molar-refractivity contribution in [1.29, 1.82) is 0 Å². The van der Waals surface area contributed by atoms with Crippen LogP contribution in [0.5, 0.6) is 0 Å².